The zero-order valence-electron chi connectivity index (χ0n) is 18.3. The minimum atomic E-state index is -0.737. The van der Waals surface area contributed by atoms with Crippen LogP contribution >= 0.6 is 11.6 Å². The van der Waals surface area contributed by atoms with Crippen LogP contribution in [-0.2, 0) is 11.3 Å². The number of piperazine rings is 1. The highest BCUT2D eigenvalue weighted by atomic mass is 35.5. The van der Waals surface area contributed by atoms with Crippen LogP contribution in [0.5, 0.6) is 0 Å². The van der Waals surface area contributed by atoms with E-state index in [2.05, 4.69) is 31.8 Å². The number of nitrogens with zero attached hydrogens (tertiary/aromatic N) is 4. The molecule has 0 radical (unpaired) electrons. The zero-order chi connectivity index (χ0) is 23.4. The number of carbonyl (C=O) groups excluding carboxylic acids is 1. The summed E-state index contributed by atoms with van der Waals surface area (Å²) in [5.41, 5.74) is 2.49. The number of aliphatic imine (C=N–C) groups is 1. The largest absolute Gasteiger partial charge is 0.365 e. The van der Waals surface area contributed by atoms with Crippen molar-refractivity contribution < 1.29 is 9.18 Å². The standard InChI is InChI=1S/C22H26ClFN6O2/c1-5-17(20(24)27-13(2)21(31)25-4)30-10-8-29(9-11-30)12-15-6-7-16-19(18(15)23)28-22(32)14(3)26-16/h5-7H,1,8-12H2,2-4H3,(H,25,31)(H,28,32)/b20-17+,27-13?. The summed E-state index contributed by atoms with van der Waals surface area (Å²) in [7, 11) is 1.47. The molecule has 32 heavy (non-hydrogen) atoms. The van der Waals surface area contributed by atoms with E-state index in [1.54, 1.807) is 6.92 Å². The highest BCUT2D eigenvalue weighted by molar-refractivity contribution is 6.38. The zero-order valence-corrected chi connectivity index (χ0v) is 19.1. The number of H-pyrrole nitrogens is 1. The molecular formula is C22H26ClFN6O2. The predicted molar refractivity (Wildman–Crippen MR) is 124 cm³/mol. The number of amides is 1. The molecule has 0 aliphatic carbocycles. The Balaban J connectivity index is 1.72. The van der Waals surface area contributed by atoms with Gasteiger partial charge in [-0.05, 0) is 31.6 Å². The predicted octanol–water partition coefficient (Wildman–Crippen LogP) is 2.53. The van der Waals surface area contributed by atoms with Crippen LogP contribution in [0.1, 0.15) is 18.2 Å². The quantitative estimate of drug-likeness (QED) is 0.392. The molecule has 2 heterocycles. The van der Waals surface area contributed by atoms with E-state index in [9.17, 15) is 14.0 Å². The lowest BCUT2D eigenvalue weighted by Crippen LogP contribution is -2.45. The molecule has 2 N–H and O–H groups in total. The van der Waals surface area contributed by atoms with Gasteiger partial charge < -0.3 is 15.2 Å². The summed E-state index contributed by atoms with van der Waals surface area (Å²) in [6.07, 6.45) is 1.41. The molecule has 1 aromatic heterocycles. The maximum absolute atomic E-state index is 14.6. The van der Waals surface area contributed by atoms with E-state index in [1.807, 2.05) is 17.0 Å². The Morgan fingerprint density at radius 2 is 2.06 bits per heavy atom. The summed E-state index contributed by atoms with van der Waals surface area (Å²) in [5, 5.41) is 2.90. The Labute approximate surface area is 190 Å². The highest BCUT2D eigenvalue weighted by Gasteiger charge is 2.22. The molecule has 170 valence electrons. The number of allylic oxidation sites excluding steroid dienone is 1. The topological polar surface area (TPSA) is 93.7 Å². The Bertz CT molecular complexity index is 1160. The van der Waals surface area contributed by atoms with Crippen molar-refractivity contribution in [2.24, 2.45) is 4.99 Å². The van der Waals surface area contributed by atoms with Crippen molar-refractivity contribution in [2.45, 2.75) is 20.4 Å². The molecule has 8 nitrogen and oxygen atoms in total. The van der Waals surface area contributed by atoms with Crippen molar-refractivity contribution in [1.29, 1.82) is 0 Å². The third-order valence-electron chi connectivity index (χ3n) is 5.39. The van der Waals surface area contributed by atoms with Crippen LogP contribution in [0.15, 0.2) is 46.2 Å². The molecule has 1 saturated heterocycles. The van der Waals surface area contributed by atoms with Gasteiger partial charge in [0.05, 0.1) is 21.8 Å². The molecule has 0 atom stereocenters. The number of aromatic nitrogens is 2. The fourth-order valence-corrected chi connectivity index (χ4v) is 3.81. The minimum Gasteiger partial charge on any atom is -0.365 e. The van der Waals surface area contributed by atoms with E-state index in [4.69, 9.17) is 11.6 Å². The SMILES string of the molecule is C=C/C(=C(/F)N=C(C)C(=O)NC)N1CCN(Cc2ccc3nc(C)c(=O)[nH]c3c2Cl)CC1. The third kappa shape index (κ3) is 5.05. The highest BCUT2D eigenvalue weighted by Crippen LogP contribution is 2.26. The number of benzene rings is 1. The first-order valence-electron chi connectivity index (χ1n) is 10.2. The van der Waals surface area contributed by atoms with Gasteiger partial charge in [0, 0.05) is 39.8 Å². The minimum absolute atomic E-state index is 0.0386. The molecule has 1 amide bonds. The number of hydrogen-bond donors (Lipinski definition) is 2. The molecule has 1 aromatic carbocycles. The first-order valence-corrected chi connectivity index (χ1v) is 10.6. The average Bonchev–Trinajstić information content (AvgIpc) is 2.78. The van der Waals surface area contributed by atoms with E-state index < -0.39 is 11.9 Å². The Morgan fingerprint density at radius 3 is 2.69 bits per heavy atom. The Hall–Kier alpha value is -3.04. The molecule has 2 aromatic rings. The molecule has 1 aliphatic heterocycles. The smallest absolute Gasteiger partial charge is 0.269 e. The van der Waals surface area contributed by atoms with Gasteiger partial charge >= 0.3 is 0 Å². The van der Waals surface area contributed by atoms with Crippen molar-refractivity contribution in [3.05, 3.63) is 63.1 Å². The van der Waals surface area contributed by atoms with E-state index >= 15 is 0 Å². The molecule has 1 fully saturated rings. The van der Waals surface area contributed by atoms with E-state index in [-0.39, 0.29) is 17.0 Å². The summed E-state index contributed by atoms with van der Waals surface area (Å²) < 4.78 is 14.6. The van der Waals surface area contributed by atoms with Gasteiger partial charge in [0.2, 0.25) is 5.95 Å². The van der Waals surface area contributed by atoms with Crippen molar-refractivity contribution in [3.63, 3.8) is 0 Å². The van der Waals surface area contributed by atoms with Crippen LogP contribution in [0.2, 0.25) is 5.02 Å². The number of nitrogens with one attached hydrogen (secondary N) is 2. The van der Waals surface area contributed by atoms with Gasteiger partial charge in [0.1, 0.15) is 11.4 Å². The summed E-state index contributed by atoms with van der Waals surface area (Å²) >= 11 is 6.55. The molecule has 0 spiro atoms. The lowest BCUT2D eigenvalue weighted by Gasteiger charge is -2.36. The van der Waals surface area contributed by atoms with Crippen molar-refractivity contribution in [1.82, 2.24) is 25.1 Å². The van der Waals surface area contributed by atoms with Crippen LogP contribution in [0.25, 0.3) is 11.0 Å². The fraction of sp³-hybridized carbons (Fsp3) is 0.364. The number of rotatable bonds is 6. The molecule has 3 rings (SSSR count). The van der Waals surface area contributed by atoms with Crippen LogP contribution < -0.4 is 10.9 Å². The lowest BCUT2D eigenvalue weighted by atomic mass is 10.1. The van der Waals surface area contributed by atoms with Gasteiger partial charge in [-0.1, -0.05) is 24.2 Å². The number of aryl methyl sites for hydroxylation is 1. The van der Waals surface area contributed by atoms with E-state index in [0.29, 0.717) is 54.5 Å². The van der Waals surface area contributed by atoms with Gasteiger partial charge in [-0.3, -0.25) is 14.5 Å². The number of fused-ring (bicyclic) bond motifs is 1. The van der Waals surface area contributed by atoms with Crippen molar-refractivity contribution in [2.75, 3.05) is 33.2 Å². The van der Waals surface area contributed by atoms with E-state index in [0.717, 1.165) is 5.56 Å². The maximum atomic E-state index is 14.6. The lowest BCUT2D eigenvalue weighted by molar-refractivity contribution is -0.114. The van der Waals surface area contributed by atoms with Gasteiger partial charge in [0.15, 0.2) is 0 Å². The number of aromatic amines is 1. The molecule has 0 saturated carbocycles. The van der Waals surface area contributed by atoms with E-state index in [1.165, 1.54) is 20.0 Å². The van der Waals surface area contributed by atoms with Crippen LogP contribution in [-0.4, -0.2) is 64.6 Å². The normalized spacial score (nSPS) is 16.2. The second kappa shape index (κ2) is 10.1. The van der Waals surface area contributed by atoms with Crippen LogP contribution in [0.4, 0.5) is 4.39 Å². The van der Waals surface area contributed by atoms with Gasteiger partial charge in [0.25, 0.3) is 11.5 Å². The first kappa shape index (κ1) is 23.6. The summed E-state index contributed by atoms with van der Waals surface area (Å²) in [4.78, 5) is 38.4. The summed E-state index contributed by atoms with van der Waals surface area (Å²) in [6.45, 7) is 9.84. The molecule has 10 heteroatoms. The monoisotopic (exact) mass is 460 g/mol. The number of carbonyl (C=O) groups is 1. The fourth-order valence-electron chi connectivity index (χ4n) is 3.55. The van der Waals surface area contributed by atoms with Gasteiger partial charge in [-0.15, -0.1) is 0 Å². The second-order valence-electron chi connectivity index (χ2n) is 7.50. The summed E-state index contributed by atoms with van der Waals surface area (Å²) in [6, 6.07) is 3.75. The third-order valence-corrected chi connectivity index (χ3v) is 5.82. The van der Waals surface area contributed by atoms with Crippen LogP contribution in [0, 0.1) is 6.92 Å². The Kier molecular flexibility index (Phi) is 7.42. The summed E-state index contributed by atoms with van der Waals surface area (Å²) in [5.74, 6) is -1.17. The maximum Gasteiger partial charge on any atom is 0.269 e. The molecule has 1 aliphatic rings. The van der Waals surface area contributed by atoms with Gasteiger partial charge in [-0.25, -0.2) is 9.98 Å². The molecule has 0 unspecified atom stereocenters. The second-order valence-corrected chi connectivity index (χ2v) is 7.88. The van der Waals surface area contributed by atoms with Crippen molar-refractivity contribution >= 4 is 34.3 Å². The molecular weight excluding hydrogens is 435 g/mol. The molecule has 0 bridgehead atoms. The Morgan fingerprint density at radius 1 is 1.38 bits per heavy atom. The van der Waals surface area contributed by atoms with Crippen LogP contribution in [0.3, 0.4) is 0 Å². The number of halogens is 2. The first-order chi connectivity index (χ1) is 15.2. The average molecular weight is 461 g/mol. The van der Waals surface area contributed by atoms with Crippen molar-refractivity contribution in [3.8, 4) is 0 Å². The number of hydrogen-bond acceptors (Lipinski definition) is 6. The van der Waals surface area contributed by atoms with Gasteiger partial charge in [-0.2, -0.15) is 4.39 Å².